The lowest BCUT2D eigenvalue weighted by molar-refractivity contribution is 0.0914. The summed E-state index contributed by atoms with van der Waals surface area (Å²) in [6.07, 6.45) is 2.03. The molecule has 1 atom stereocenters. The molecule has 6 heteroatoms. The van der Waals surface area contributed by atoms with E-state index < -0.39 is 5.82 Å². The molecule has 0 fully saturated rings. The maximum atomic E-state index is 13.8. The molecule has 2 aromatic rings. The van der Waals surface area contributed by atoms with Crippen molar-refractivity contribution in [2.24, 2.45) is 0 Å². The van der Waals surface area contributed by atoms with Gasteiger partial charge in [-0.3, -0.25) is 4.79 Å². The van der Waals surface area contributed by atoms with Gasteiger partial charge >= 0.3 is 0 Å². The van der Waals surface area contributed by atoms with Crippen LogP contribution in [0.4, 0.5) is 4.39 Å². The van der Waals surface area contributed by atoms with E-state index in [0.29, 0.717) is 23.4 Å². The number of para-hydroxylation sites is 1. The second-order valence-electron chi connectivity index (χ2n) is 4.77. The lowest BCUT2D eigenvalue weighted by Crippen LogP contribution is -2.37. The molecule has 1 aromatic carbocycles. The Hall–Kier alpha value is -2.21. The van der Waals surface area contributed by atoms with Crippen LogP contribution < -0.4 is 5.32 Å². The molecule has 0 spiro atoms. The number of nitrogens with one attached hydrogen (secondary N) is 1. The van der Waals surface area contributed by atoms with Crippen molar-refractivity contribution in [1.82, 2.24) is 15.1 Å². The molecule has 1 heterocycles. The molecule has 0 radical (unpaired) electrons. The van der Waals surface area contributed by atoms with Crippen molar-refractivity contribution in [2.45, 2.75) is 26.3 Å². The highest BCUT2D eigenvalue weighted by molar-refractivity contribution is 5.95. The molecule has 0 aliphatic carbocycles. The number of halogens is 1. The smallest absolute Gasteiger partial charge is 0.255 e. The van der Waals surface area contributed by atoms with Crippen LogP contribution in [-0.2, 0) is 0 Å². The Balaban J connectivity index is 2.29. The molecular weight excluding hydrogens is 273 g/mol. The van der Waals surface area contributed by atoms with Crippen molar-refractivity contribution in [2.75, 3.05) is 6.61 Å². The van der Waals surface area contributed by atoms with E-state index >= 15 is 0 Å². The second kappa shape index (κ2) is 6.49. The number of aliphatic hydroxyl groups is 1. The van der Waals surface area contributed by atoms with E-state index in [2.05, 4.69) is 10.4 Å². The molecule has 112 valence electrons. The zero-order valence-corrected chi connectivity index (χ0v) is 12.0. The highest BCUT2D eigenvalue weighted by atomic mass is 19.1. The van der Waals surface area contributed by atoms with Gasteiger partial charge in [0.25, 0.3) is 5.91 Å². The van der Waals surface area contributed by atoms with Crippen LogP contribution in [0.2, 0.25) is 0 Å². The van der Waals surface area contributed by atoms with Gasteiger partial charge in [-0.1, -0.05) is 19.1 Å². The normalized spacial score (nSPS) is 12.2. The van der Waals surface area contributed by atoms with Gasteiger partial charge in [0.15, 0.2) is 0 Å². The SMILES string of the molecule is CCC(CO)NC(=O)c1cnn(-c2ccccc2F)c1C. The first-order valence-corrected chi connectivity index (χ1v) is 6.79. The highest BCUT2D eigenvalue weighted by Gasteiger charge is 2.18. The molecule has 1 aromatic heterocycles. The molecule has 0 aliphatic rings. The predicted octanol–water partition coefficient (Wildman–Crippen LogP) is 1.82. The lowest BCUT2D eigenvalue weighted by Gasteiger charge is -2.13. The van der Waals surface area contributed by atoms with Gasteiger partial charge in [0.2, 0.25) is 0 Å². The van der Waals surface area contributed by atoms with E-state index in [9.17, 15) is 9.18 Å². The molecular formula is C15H18FN3O2. The third kappa shape index (κ3) is 3.11. The average molecular weight is 291 g/mol. The van der Waals surface area contributed by atoms with Crippen LogP contribution >= 0.6 is 0 Å². The van der Waals surface area contributed by atoms with Crippen molar-refractivity contribution in [3.63, 3.8) is 0 Å². The van der Waals surface area contributed by atoms with E-state index in [-0.39, 0.29) is 18.6 Å². The zero-order chi connectivity index (χ0) is 15.4. The summed E-state index contributed by atoms with van der Waals surface area (Å²) in [5, 5.41) is 15.9. The summed E-state index contributed by atoms with van der Waals surface area (Å²) in [5.41, 5.74) is 1.21. The zero-order valence-electron chi connectivity index (χ0n) is 12.0. The predicted molar refractivity (Wildman–Crippen MR) is 76.9 cm³/mol. The number of carbonyl (C=O) groups is 1. The molecule has 0 aliphatic heterocycles. The Morgan fingerprint density at radius 3 is 2.81 bits per heavy atom. The van der Waals surface area contributed by atoms with Gasteiger partial charge in [-0.2, -0.15) is 5.10 Å². The van der Waals surface area contributed by atoms with Crippen LogP contribution in [0.25, 0.3) is 5.69 Å². The summed E-state index contributed by atoms with van der Waals surface area (Å²) in [5.74, 6) is -0.728. The Morgan fingerprint density at radius 2 is 2.19 bits per heavy atom. The molecule has 1 unspecified atom stereocenters. The minimum absolute atomic E-state index is 0.122. The largest absolute Gasteiger partial charge is 0.394 e. The van der Waals surface area contributed by atoms with Crippen LogP contribution in [0.5, 0.6) is 0 Å². The molecule has 5 nitrogen and oxygen atoms in total. The fourth-order valence-corrected chi connectivity index (χ4v) is 2.04. The average Bonchev–Trinajstić information content (AvgIpc) is 2.87. The van der Waals surface area contributed by atoms with Crippen molar-refractivity contribution in [1.29, 1.82) is 0 Å². The van der Waals surface area contributed by atoms with Crippen LogP contribution in [0.3, 0.4) is 0 Å². The van der Waals surface area contributed by atoms with Crippen molar-refractivity contribution in [3.8, 4) is 5.69 Å². The third-order valence-corrected chi connectivity index (χ3v) is 3.38. The fourth-order valence-electron chi connectivity index (χ4n) is 2.04. The second-order valence-corrected chi connectivity index (χ2v) is 4.77. The number of amides is 1. The van der Waals surface area contributed by atoms with E-state index in [1.807, 2.05) is 6.92 Å². The Kier molecular flexibility index (Phi) is 4.70. The van der Waals surface area contributed by atoms with E-state index in [0.717, 1.165) is 0 Å². The lowest BCUT2D eigenvalue weighted by atomic mass is 10.2. The topological polar surface area (TPSA) is 67.2 Å². The first-order valence-electron chi connectivity index (χ1n) is 6.79. The molecule has 21 heavy (non-hydrogen) atoms. The summed E-state index contributed by atoms with van der Waals surface area (Å²) in [6.45, 7) is 3.45. The maximum Gasteiger partial charge on any atom is 0.255 e. The maximum absolute atomic E-state index is 13.8. The Morgan fingerprint density at radius 1 is 1.48 bits per heavy atom. The summed E-state index contributed by atoms with van der Waals surface area (Å²) in [4.78, 5) is 12.2. The Bertz CT molecular complexity index is 636. The first kappa shape index (κ1) is 15.2. The third-order valence-electron chi connectivity index (χ3n) is 3.38. The highest BCUT2D eigenvalue weighted by Crippen LogP contribution is 2.17. The van der Waals surface area contributed by atoms with E-state index in [4.69, 9.17) is 5.11 Å². The van der Waals surface area contributed by atoms with E-state index in [1.54, 1.807) is 25.1 Å². The first-order chi connectivity index (χ1) is 10.1. The monoisotopic (exact) mass is 291 g/mol. The van der Waals surface area contributed by atoms with E-state index in [1.165, 1.54) is 16.9 Å². The van der Waals surface area contributed by atoms with Crippen molar-refractivity contribution in [3.05, 3.63) is 47.5 Å². The number of aromatic nitrogens is 2. The van der Waals surface area contributed by atoms with Crippen LogP contribution in [-0.4, -0.2) is 33.4 Å². The van der Waals surface area contributed by atoms with Crippen molar-refractivity contribution < 1.29 is 14.3 Å². The van der Waals surface area contributed by atoms with Crippen LogP contribution in [0, 0.1) is 12.7 Å². The van der Waals surface area contributed by atoms with Gasteiger partial charge in [-0.15, -0.1) is 0 Å². The Labute approximate surface area is 122 Å². The number of hydrogen-bond donors (Lipinski definition) is 2. The fraction of sp³-hybridized carbons (Fsp3) is 0.333. The van der Waals surface area contributed by atoms with Gasteiger partial charge in [0.05, 0.1) is 30.1 Å². The summed E-state index contributed by atoms with van der Waals surface area (Å²) >= 11 is 0. The quantitative estimate of drug-likeness (QED) is 0.883. The number of nitrogens with zero attached hydrogens (tertiary/aromatic N) is 2. The minimum atomic E-state index is -0.405. The molecule has 0 saturated carbocycles. The van der Waals surface area contributed by atoms with Gasteiger partial charge in [0, 0.05) is 0 Å². The molecule has 2 rings (SSSR count). The van der Waals surface area contributed by atoms with Crippen LogP contribution in [0.15, 0.2) is 30.5 Å². The van der Waals surface area contributed by atoms with Gasteiger partial charge in [0.1, 0.15) is 11.5 Å². The van der Waals surface area contributed by atoms with Crippen molar-refractivity contribution >= 4 is 5.91 Å². The number of hydrogen-bond acceptors (Lipinski definition) is 3. The van der Waals surface area contributed by atoms with Crippen LogP contribution in [0.1, 0.15) is 29.4 Å². The molecule has 0 saturated heterocycles. The molecule has 1 amide bonds. The summed E-state index contributed by atoms with van der Waals surface area (Å²) in [6, 6.07) is 5.94. The van der Waals surface area contributed by atoms with Gasteiger partial charge in [-0.05, 0) is 25.5 Å². The van der Waals surface area contributed by atoms with Gasteiger partial charge in [-0.25, -0.2) is 9.07 Å². The number of benzene rings is 1. The number of rotatable bonds is 5. The number of carbonyl (C=O) groups excluding carboxylic acids is 1. The summed E-state index contributed by atoms with van der Waals surface area (Å²) < 4.78 is 15.2. The number of aliphatic hydroxyl groups excluding tert-OH is 1. The summed E-state index contributed by atoms with van der Waals surface area (Å²) in [7, 11) is 0. The molecule has 2 N–H and O–H groups in total. The van der Waals surface area contributed by atoms with Gasteiger partial charge < -0.3 is 10.4 Å². The standard InChI is InChI=1S/C15H18FN3O2/c1-3-11(9-20)18-15(21)12-8-17-19(10(12)2)14-7-5-4-6-13(14)16/h4-8,11,20H,3,9H2,1-2H3,(H,18,21). The molecule has 0 bridgehead atoms. The minimum Gasteiger partial charge on any atom is -0.394 e.